The molecule has 8 heteroatoms. The first-order chi connectivity index (χ1) is 12.0. The van der Waals surface area contributed by atoms with Crippen LogP contribution in [-0.2, 0) is 0 Å². The number of carbonyl (C=O) groups is 1. The third-order valence-electron chi connectivity index (χ3n) is 3.03. The second-order valence-electron chi connectivity index (χ2n) is 4.79. The number of ether oxygens (including phenoxy) is 1. The van der Waals surface area contributed by atoms with Crippen LogP contribution >= 0.6 is 11.6 Å². The van der Waals surface area contributed by atoms with E-state index in [1.165, 1.54) is 18.3 Å². The predicted octanol–water partition coefficient (Wildman–Crippen LogP) is 3.58. The smallest absolute Gasteiger partial charge is 0.288 e. The minimum absolute atomic E-state index is 0.0381. The van der Waals surface area contributed by atoms with Gasteiger partial charge in [-0.3, -0.25) is 14.9 Å². The quantitative estimate of drug-likeness (QED) is 0.354. The number of nitrogens with zero attached hydrogens (tertiary/aromatic N) is 2. The highest BCUT2D eigenvalue weighted by Crippen LogP contribution is 2.24. The van der Waals surface area contributed by atoms with Gasteiger partial charge in [0.05, 0.1) is 11.1 Å². The molecule has 0 radical (unpaired) electrons. The van der Waals surface area contributed by atoms with E-state index in [0.717, 1.165) is 11.6 Å². The monoisotopic (exact) mass is 359 g/mol. The molecule has 0 saturated carbocycles. The summed E-state index contributed by atoms with van der Waals surface area (Å²) >= 11 is 5.71. The van der Waals surface area contributed by atoms with Crippen molar-refractivity contribution in [3.63, 3.8) is 0 Å². The van der Waals surface area contributed by atoms with Gasteiger partial charge in [-0.1, -0.05) is 24.3 Å². The van der Waals surface area contributed by atoms with Crippen molar-refractivity contribution in [1.82, 2.24) is 5.43 Å². The van der Waals surface area contributed by atoms with Crippen molar-refractivity contribution < 1.29 is 14.5 Å². The Morgan fingerprint density at radius 1 is 1.32 bits per heavy atom. The van der Waals surface area contributed by atoms with E-state index in [4.69, 9.17) is 16.3 Å². The molecule has 2 aromatic carbocycles. The molecule has 1 amide bonds. The maximum atomic E-state index is 12.0. The molecular weight excluding hydrogens is 346 g/mol. The molecule has 0 unspecified atom stereocenters. The molecule has 128 valence electrons. The molecule has 0 aliphatic carbocycles. The van der Waals surface area contributed by atoms with Gasteiger partial charge in [-0.15, -0.1) is 0 Å². The fourth-order valence-electron chi connectivity index (χ4n) is 1.83. The normalized spacial score (nSPS) is 10.4. The predicted molar refractivity (Wildman–Crippen MR) is 95.3 cm³/mol. The summed E-state index contributed by atoms with van der Waals surface area (Å²) in [6.07, 6.45) is 3.09. The van der Waals surface area contributed by atoms with E-state index >= 15 is 0 Å². The summed E-state index contributed by atoms with van der Waals surface area (Å²) in [5, 5.41) is 14.6. The van der Waals surface area contributed by atoms with E-state index in [0.29, 0.717) is 12.4 Å². The minimum Gasteiger partial charge on any atom is -0.490 e. The lowest BCUT2D eigenvalue weighted by atomic mass is 10.2. The van der Waals surface area contributed by atoms with Crippen molar-refractivity contribution in [3.05, 3.63) is 81.4 Å². The number of nitro benzene ring substituents is 1. The van der Waals surface area contributed by atoms with Gasteiger partial charge in [0, 0.05) is 11.6 Å². The maximum absolute atomic E-state index is 12.0. The number of halogens is 1. The van der Waals surface area contributed by atoms with Gasteiger partial charge in [0.1, 0.15) is 17.4 Å². The van der Waals surface area contributed by atoms with Crippen LogP contribution in [0.25, 0.3) is 0 Å². The van der Waals surface area contributed by atoms with Crippen molar-refractivity contribution in [1.29, 1.82) is 0 Å². The zero-order valence-electron chi connectivity index (χ0n) is 13.0. The third-order valence-corrected chi connectivity index (χ3v) is 3.35. The molecule has 0 atom stereocenters. The molecule has 25 heavy (non-hydrogen) atoms. The Morgan fingerprint density at radius 3 is 2.68 bits per heavy atom. The standard InChI is InChI=1S/C17H14ClN3O4/c1-2-9-25-14-6-3-12(4-7-14)11-19-20-17(22)13-5-8-15(18)16(10-13)21(23)24/h2-8,10-11H,1,9H2,(H,20,22)/b19-11+. The Morgan fingerprint density at radius 2 is 2.04 bits per heavy atom. The Hall–Kier alpha value is -3.19. The highest BCUT2D eigenvalue weighted by Gasteiger charge is 2.15. The van der Waals surface area contributed by atoms with Crippen LogP contribution in [0.15, 0.2) is 60.2 Å². The van der Waals surface area contributed by atoms with Gasteiger partial charge in [-0.25, -0.2) is 5.43 Å². The van der Waals surface area contributed by atoms with Gasteiger partial charge in [-0.05, 0) is 42.0 Å². The Balaban J connectivity index is 1.99. The maximum Gasteiger partial charge on any atom is 0.288 e. The molecule has 0 bridgehead atoms. The molecule has 0 aliphatic rings. The first-order valence-electron chi connectivity index (χ1n) is 7.12. The summed E-state index contributed by atoms with van der Waals surface area (Å²) in [7, 11) is 0. The molecule has 0 heterocycles. The van der Waals surface area contributed by atoms with Crippen LogP contribution in [0.1, 0.15) is 15.9 Å². The fourth-order valence-corrected chi connectivity index (χ4v) is 2.02. The van der Waals surface area contributed by atoms with Crippen LogP contribution < -0.4 is 10.2 Å². The Bertz CT molecular complexity index is 819. The minimum atomic E-state index is -0.654. The van der Waals surface area contributed by atoms with Gasteiger partial charge in [-0.2, -0.15) is 5.10 Å². The molecule has 0 fully saturated rings. The van der Waals surface area contributed by atoms with Crippen LogP contribution in [-0.4, -0.2) is 23.7 Å². The van der Waals surface area contributed by atoms with Crippen molar-refractivity contribution in [2.75, 3.05) is 6.61 Å². The molecule has 7 nitrogen and oxygen atoms in total. The van der Waals surface area contributed by atoms with Gasteiger partial charge in [0.15, 0.2) is 0 Å². The third kappa shape index (κ3) is 5.15. The summed E-state index contributed by atoms with van der Waals surface area (Å²) in [6, 6.07) is 10.8. The number of nitro groups is 1. The Kier molecular flexibility index (Phi) is 6.25. The summed E-state index contributed by atoms with van der Waals surface area (Å²) < 4.78 is 5.35. The van der Waals surface area contributed by atoms with Crippen LogP contribution in [0.3, 0.4) is 0 Å². The first kappa shape index (κ1) is 18.2. The number of rotatable bonds is 7. The first-order valence-corrected chi connectivity index (χ1v) is 7.50. The summed E-state index contributed by atoms with van der Waals surface area (Å²) in [6.45, 7) is 3.98. The van der Waals surface area contributed by atoms with E-state index < -0.39 is 10.8 Å². The number of hydrogen-bond acceptors (Lipinski definition) is 5. The largest absolute Gasteiger partial charge is 0.490 e. The highest BCUT2D eigenvalue weighted by atomic mass is 35.5. The van der Waals surface area contributed by atoms with Crippen molar-refractivity contribution >= 4 is 29.4 Å². The lowest BCUT2D eigenvalue weighted by Crippen LogP contribution is -2.17. The number of hydrogen-bond donors (Lipinski definition) is 1. The van der Waals surface area contributed by atoms with Gasteiger partial charge < -0.3 is 4.74 Å². The molecule has 2 rings (SSSR count). The molecule has 0 saturated heterocycles. The number of amides is 1. The fraction of sp³-hybridized carbons (Fsp3) is 0.0588. The topological polar surface area (TPSA) is 93.8 Å². The summed E-state index contributed by atoms with van der Waals surface area (Å²) in [5.74, 6) is 0.108. The van der Waals surface area contributed by atoms with Crippen LogP contribution in [0.4, 0.5) is 5.69 Å². The lowest BCUT2D eigenvalue weighted by Gasteiger charge is -2.03. The highest BCUT2D eigenvalue weighted by molar-refractivity contribution is 6.32. The van der Waals surface area contributed by atoms with Gasteiger partial charge in [0.25, 0.3) is 11.6 Å². The Labute approximate surface area is 148 Å². The molecule has 0 spiro atoms. The SMILES string of the molecule is C=CCOc1ccc(/C=N/NC(=O)c2ccc(Cl)c([N+](=O)[O-])c2)cc1. The zero-order valence-corrected chi connectivity index (χ0v) is 13.8. The van der Waals surface area contributed by atoms with E-state index in [1.54, 1.807) is 30.3 Å². The average Bonchev–Trinajstić information content (AvgIpc) is 2.61. The summed E-state index contributed by atoms with van der Waals surface area (Å²) in [5.41, 5.74) is 2.79. The van der Waals surface area contributed by atoms with E-state index in [9.17, 15) is 14.9 Å². The van der Waals surface area contributed by atoms with E-state index in [1.807, 2.05) is 0 Å². The second-order valence-corrected chi connectivity index (χ2v) is 5.20. The van der Waals surface area contributed by atoms with Crippen LogP contribution in [0.5, 0.6) is 5.75 Å². The van der Waals surface area contributed by atoms with Gasteiger partial charge in [0.2, 0.25) is 0 Å². The summed E-state index contributed by atoms with van der Waals surface area (Å²) in [4.78, 5) is 22.2. The van der Waals surface area contributed by atoms with Crippen molar-refractivity contribution in [2.24, 2.45) is 5.10 Å². The molecule has 2 aromatic rings. The lowest BCUT2D eigenvalue weighted by molar-refractivity contribution is -0.384. The number of hydrazone groups is 1. The number of carbonyl (C=O) groups excluding carboxylic acids is 1. The average molecular weight is 360 g/mol. The van der Waals surface area contributed by atoms with Crippen molar-refractivity contribution in [2.45, 2.75) is 0 Å². The van der Waals surface area contributed by atoms with Crippen molar-refractivity contribution in [3.8, 4) is 5.75 Å². The number of benzene rings is 2. The van der Waals surface area contributed by atoms with Crippen LogP contribution in [0.2, 0.25) is 5.02 Å². The zero-order chi connectivity index (χ0) is 18.2. The molecule has 1 N–H and O–H groups in total. The van der Waals surface area contributed by atoms with E-state index in [2.05, 4.69) is 17.1 Å². The number of nitrogens with one attached hydrogen (secondary N) is 1. The second kappa shape index (κ2) is 8.60. The van der Waals surface area contributed by atoms with Gasteiger partial charge >= 0.3 is 0 Å². The molecular formula is C17H14ClN3O4. The van der Waals surface area contributed by atoms with Crippen LogP contribution in [0, 0.1) is 10.1 Å². The van der Waals surface area contributed by atoms with E-state index in [-0.39, 0.29) is 16.3 Å². The molecule has 0 aliphatic heterocycles. The molecule has 0 aromatic heterocycles.